The fourth-order valence-corrected chi connectivity index (χ4v) is 5.61. The SMILES string of the molecule is Cc1c(C(=O)N2CCN(S(=O)(=O)c3cccc(C(F)(F)F)c3)CC2)cnn1-c1nn2cccc2c(=O)[nH]1. The first kappa shape index (κ1) is 24.7. The molecule has 1 fully saturated rings. The van der Waals surface area contributed by atoms with Gasteiger partial charge in [0.2, 0.25) is 16.0 Å². The van der Waals surface area contributed by atoms with Gasteiger partial charge >= 0.3 is 6.18 Å². The average molecular weight is 536 g/mol. The Bertz CT molecular complexity index is 1670. The maximum absolute atomic E-state index is 13.2. The van der Waals surface area contributed by atoms with Crippen LogP contribution in [0.2, 0.25) is 0 Å². The number of rotatable bonds is 4. The van der Waals surface area contributed by atoms with E-state index in [2.05, 4.69) is 15.2 Å². The van der Waals surface area contributed by atoms with Gasteiger partial charge in [0.25, 0.3) is 11.5 Å². The predicted molar refractivity (Wildman–Crippen MR) is 124 cm³/mol. The third-order valence-electron chi connectivity index (χ3n) is 6.15. The maximum Gasteiger partial charge on any atom is 0.416 e. The smallest absolute Gasteiger partial charge is 0.336 e. The van der Waals surface area contributed by atoms with Crippen molar-refractivity contribution in [2.24, 2.45) is 0 Å². The first-order valence-corrected chi connectivity index (χ1v) is 12.5. The summed E-state index contributed by atoms with van der Waals surface area (Å²) < 4.78 is 68.7. The fourth-order valence-electron chi connectivity index (χ4n) is 4.14. The van der Waals surface area contributed by atoms with Crippen LogP contribution in [0, 0.1) is 6.92 Å². The fraction of sp³-hybridized carbons (Fsp3) is 0.273. The quantitative estimate of drug-likeness (QED) is 0.424. The Balaban J connectivity index is 1.32. The number of benzene rings is 1. The molecule has 11 nitrogen and oxygen atoms in total. The Morgan fingerprint density at radius 3 is 2.51 bits per heavy atom. The van der Waals surface area contributed by atoms with Gasteiger partial charge in [-0.2, -0.15) is 22.6 Å². The summed E-state index contributed by atoms with van der Waals surface area (Å²) in [6, 6.07) is 6.84. The molecule has 0 unspecified atom stereocenters. The standard InChI is InChI=1S/C22H20F3N7O4S/c1-14-17(13-26-32(14)21-27-19(33)18-6-3-7-31(18)28-21)20(34)29-8-10-30(11-9-29)37(35,36)16-5-2-4-15(12-16)22(23,24)25/h2-7,12-13H,8-11H2,1H3,(H,27,28,33). The zero-order chi connectivity index (χ0) is 26.5. The Kier molecular flexibility index (Phi) is 5.91. The van der Waals surface area contributed by atoms with Crippen molar-refractivity contribution in [3.05, 3.63) is 76.0 Å². The van der Waals surface area contributed by atoms with Crippen LogP contribution in [-0.4, -0.2) is 74.1 Å². The molecular formula is C22H20F3N7O4S. The summed E-state index contributed by atoms with van der Waals surface area (Å²) in [6.07, 6.45) is -1.73. The molecule has 37 heavy (non-hydrogen) atoms. The number of aromatic amines is 1. The van der Waals surface area contributed by atoms with Gasteiger partial charge in [-0.15, -0.1) is 5.10 Å². The van der Waals surface area contributed by atoms with E-state index in [1.165, 1.54) is 20.3 Å². The number of halogens is 3. The lowest BCUT2D eigenvalue weighted by Gasteiger charge is -2.34. The number of nitrogens with one attached hydrogen (secondary N) is 1. The first-order valence-electron chi connectivity index (χ1n) is 11.1. The lowest BCUT2D eigenvalue weighted by atomic mass is 10.2. The van der Waals surface area contributed by atoms with Gasteiger partial charge in [0.1, 0.15) is 5.52 Å². The Hall–Kier alpha value is -3.98. The zero-order valence-electron chi connectivity index (χ0n) is 19.3. The lowest BCUT2D eigenvalue weighted by molar-refractivity contribution is -0.137. The number of hydrogen-bond acceptors (Lipinski definition) is 6. The van der Waals surface area contributed by atoms with Crippen molar-refractivity contribution in [2.45, 2.75) is 18.0 Å². The highest BCUT2D eigenvalue weighted by atomic mass is 32.2. The van der Waals surface area contributed by atoms with Crippen LogP contribution < -0.4 is 5.56 Å². The predicted octanol–water partition coefficient (Wildman–Crippen LogP) is 1.68. The van der Waals surface area contributed by atoms with Crippen molar-refractivity contribution >= 4 is 21.4 Å². The number of piperazine rings is 1. The second-order valence-corrected chi connectivity index (χ2v) is 10.3. The van der Waals surface area contributed by atoms with E-state index in [9.17, 15) is 31.2 Å². The maximum atomic E-state index is 13.2. The van der Waals surface area contributed by atoms with Gasteiger partial charge in [-0.1, -0.05) is 6.07 Å². The van der Waals surface area contributed by atoms with E-state index in [1.807, 2.05) is 0 Å². The minimum Gasteiger partial charge on any atom is -0.336 e. The molecule has 4 aromatic rings. The summed E-state index contributed by atoms with van der Waals surface area (Å²) in [7, 11) is -4.18. The number of fused-ring (bicyclic) bond motifs is 1. The summed E-state index contributed by atoms with van der Waals surface area (Å²) in [4.78, 5) is 29.0. The molecule has 0 bridgehead atoms. The van der Waals surface area contributed by atoms with Crippen molar-refractivity contribution in [2.75, 3.05) is 26.2 Å². The van der Waals surface area contributed by atoms with Crippen LogP contribution in [0.5, 0.6) is 0 Å². The highest BCUT2D eigenvalue weighted by molar-refractivity contribution is 7.89. The van der Waals surface area contributed by atoms with Crippen LogP contribution >= 0.6 is 0 Å². The van der Waals surface area contributed by atoms with Crippen molar-refractivity contribution in [1.29, 1.82) is 0 Å². The number of alkyl halides is 3. The topological polar surface area (TPSA) is 126 Å². The molecule has 1 saturated heterocycles. The molecule has 194 valence electrons. The second kappa shape index (κ2) is 8.85. The van der Waals surface area contributed by atoms with Crippen LogP contribution in [0.25, 0.3) is 11.5 Å². The van der Waals surface area contributed by atoms with Crippen LogP contribution in [-0.2, 0) is 16.2 Å². The molecule has 3 aromatic heterocycles. The summed E-state index contributed by atoms with van der Waals surface area (Å²) in [6.45, 7) is 1.53. The number of aromatic nitrogens is 5. The second-order valence-electron chi connectivity index (χ2n) is 8.39. The van der Waals surface area contributed by atoms with E-state index in [0.717, 1.165) is 22.5 Å². The zero-order valence-corrected chi connectivity index (χ0v) is 20.1. The molecule has 1 N–H and O–H groups in total. The molecule has 0 atom stereocenters. The molecule has 1 amide bonds. The highest BCUT2D eigenvalue weighted by Gasteiger charge is 2.35. The van der Waals surface area contributed by atoms with E-state index >= 15 is 0 Å². The van der Waals surface area contributed by atoms with Crippen molar-refractivity contribution < 1.29 is 26.4 Å². The van der Waals surface area contributed by atoms with Gasteiger partial charge in [-0.25, -0.2) is 17.6 Å². The Morgan fingerprint density at radius 1 is 1.08 bits per heavy atom. The minimum atomic E-state index is -4.67. The molecule has 1 aliphatic rings. The summed E-state index contributed by atoms with van der Waals surface area (Å²) in [5.41, 5.74) is -0.427. The van der Waals surface area contributed by atoms with Crippen LogP contribution in [0.4, 0.5) is 13.2 Å². The van der Waals surface area contributed by atoms with Crippen LogP contribution in [0.15, 0.2) is 58.5 Å². The molecule has 4 heterocycles. The average Bonchev–Trinajstić information content (AvgIpc) is 3.50. The molecule has 0 radical (unpaired) electrons. The molecule has 0 aliphatic carbocycles. The van der Waals surface area contributed by atoms with Gasteiger partial charge in [0, 0.05) is 32.4 Å². The summed E-state index contributed by atoms with van der Waals surface area (Å²) in [5, 5.41) is 8.47. The summed E-state index contributed by atoms with van der Waals surface area (Å²) in [5.74, 6) is -0.286. The van der Waals surface area contributed by atoms with E-state index in [-0.39, 0.29) is 43.3 Å². The number of carbonyl (C=O) groups is 1. The molecule has 5 rings (SSSR count). The van der Waals surface area contributed by atoms with Crippen molar-refractivity contribution in [1.82, 2.24) is 33.6 Å². The number of amides is 1. The third-order valence-corrected chi connectivity index (χ3v) is 8.05. The number of hydrogen-bond donors (Lipinski definition) is 1. The number of H-pyrrole nitrogens is 1. The van der Waals surface area contributed by atoms with Crippen molar-refractivity contribution in [3.63, 3.8) is 0 Å². The van der Waals surface area contributed by atoms with Crippen LogP contribution in [0.3, 0.4) is 0 Å². The number of carbonyl (C=O) groups excluding carboxylic acids is 1. The van der Waals surface area contributed by atoms with Gasteiger partial charge in [-0.3, -0.25) is 14.6 Å². The normalized spacial score (nSPS) is 15.4. The molecular weight excluding hydrogens is 515 g/mol. The molecule has 15 heteroatoms. The van der Waals surface area contributed by atoms with Gasteiger partial charge in [0.15, 0.2) is 0 Å². The van der Waals surface area contributed by atoms with Gasteiger partial charge in [-0.05, 0) is 37.3 Å². The molecule has 0 saturated carbocycles. The third kappa shape index (κ3) is 4.40. The van der Waals surface area contributed by atoms with E-state index in [0.29, 0.717) is 17.3 Å². The largest absolute Gasteiger partial charge is 0.416 e. The Morgan fingerprint density at radius 2 is 1.81 bits per heavy atom. The lowest BCUT2D eigenvalue weighted by Crippen LogP contribution is -2.50. The molecule has 1 aliphatic heterocycles. The number of nitrogens with zero attached hydrogens (tertiary/aromatic N) is 6. The number of sulfonamides is 1. The van der Waals surface area contributed by atoms with Gasteiger partial charge in [0.05, 0.1) is 27.9 Å². The Labute approximate surface area is 207 Å². The minimum absolute atomic E-state index is 0.0338. The first-order chi connectivity index (χ1) is 17.5. The highest BCUT2D eigenvalue weighted by Crippen LogP contribution is 2.31. The van der Waals surface area contributed by atoms with Crippen molar-refractivity contribution in [3.8, 4) is 5.95 Å². The van der Waals surface area contributed by atoms with Crippen LogP contribution in [0.1, 0.15) is 21.6 Å². The van der Waals surface area contributed by atoms with Gasteiger partial charge < -0.3 is 4.90 Å². The summed E-state index contributed by atoms with van der Waals surface area (Å²) >= 11 is 0. The van der Waals surface area contributed by atoms with E-state index in [4.69, 9.17) is 0 Å². The molecule has 0 spiro atoms. The van der Waals surface area contributed by atoms with E-state index in [1.54, 1.807) is 25.3 Å². The van der Waals surface area contributed by atoms with E-state index < -0.39 is 32.6 Å². The monoisotopic (exact) mass is 535 g/mol. The molecule has 1 aromatic carbocycles.